The van der Waals surface area contributed by atoms with E-state index in [1.54, 1.807) is 19.2 Å². The highest BCUT2D eigenvalue weighted by molar-refractivity contribution is 6.07. The van der Waals surface area contributed by atoms with E-state index in [2.05, 4.69) is 33.0 Å². The molecule has 3 N–H and O–H groups in total. The second kappa shape index (κ2) is 9.41. The Labute approximate surface area is 203 Å². The molecule has 10 nitrogen and oxygen atoms in total. The van der Waals surface area contributed by atoms with Gasteiger partial charge in [0.05, 0.1) is 17.3 Å². The highest BCUT2D eigenvalue weighted by atomic mass is 16.5. The van der Waals surface area contributed by atoms with Crippen LogP contribution in [-0.4, -0.2) is 47.1 Å². The molecule has 1 spiro atoms. The Morgan fingerprint density at radius 1 is 1.17 bits per heavy atom. The monoisotopic (exact) mass is 481 g/mol. The third-order valence-electron chi connectivity index (χ3n) is 7.80. The Balaban J connectivity index is 1.35. The van der Waals surface area contributed by atoms with Crippen molar-refractivity contribution in [3.05, 3.63) is 35.3 Å². The number of fused-ring (bicyclic) bond motifs is 2. The quantitative estimate of drug-likeness (QED) is 0.597. The molecule has 35 heavy (non-hydrogen) atoms. The standard InChI is InChI=1S/C25H31N5O5/c1-14-3-5-16(6-4-14)21(30-22(31)17-12-27-35-15(17)2)23(32)29-20-11-19-18(13-26-20)25(24(33)28-19)7-9-34-10-8-25/h11-14,16,21H,3-10H2,1-2H3,(H,28,33)(H,30,31)(H,26,29,32)/t14?,16?,21-/m0/s1. The normalized spacial score (nSPS) is 23.9. The molecule has 2 aromatic rings. The molecule has 10 heteroatoms. The molecule has 5 rings (SSSR count). The predicted octanol–water partition coefficient (Wildman–Crippen LogP) is 2.94. The van der Waals surface area contributed by atoms with E-state index < -0.39 is 17.4 Å². The summed E-state index contributed by atoms with van der Waals surface area (Å²) in [7, 11) is 0. The molecule has 0 unspecified atom stereocenters. The SMILES string of the molecule is Cc1oncc1C(=O)N[C@H](C(=O)Nc1cc2c(cn1)C1(CCOCC1)C(=O)N2)C1CCC(C)CC1. The lowest BCUT2D eigenvalue weighted by atomic mass is 9.76. The van der Waals surface area contributed by atoms with Crippen LogP contribution >= 0.6 is 0 Å². The average Bonchev–Trinajstić information content (AvgIpc) is 3.39. The molecular formula is C25H31N5O5. The Morgan fingerprint density at radius 3 is 2.60 bits per heavy atom. The lowest BCUT2D eigenvalue weighted by Crippen LogP contribution is -2.49. The molecule has 1 atom stereocenters. The number of amides is 3. The van der Waals surface area contributed by atoms with Crippen molar-refractivity contribution in [2.24, 2.45) is 11.8 Å². The van der Waals surface area contributed by atoms with E-state index in [4.69, 9.17) is 9.26 Å². The minimum atomic E-state index is -0.726. The van der Waals surface area contributed by atoms with Crippen LogP contribution in [0.1, 0.15) is 67.1 Å². The highest BCUT2D eigenvalue weighted by Crippen LogP contribution is 2.44. The number of ether oxygens (including phenoxy) is 1. The largest absolute Gasteiger partial charge is 0.381 e. The van der Waals surface area contributed by atoms with Gasteiger partial charge in [-0.1, -0.05) is 24.9 Å². The van der Waals surface area contributed by atoms with Gasteiger partial charge in [-0.25, -0.2) is 4.98 Å². The van der Waals surface area contributed by atoms with Crippen molar-refractivity contribution in [2.45, 2.75) is 63.8 Å². The number of nitrogens with zero attached hydrogens (tertiary/aromatic N) is 2. The molecule has 1 saturated heterocycles. The van der Waals surface area contributed by atoms with E-state index in [9.17, 15) is 14.4 Å². The Bertz CT molecular complexity index is 1130. The fourth-order valence-corrected chi connectivity index (χ4v) is 5.55. The van der Waals surface area contributed by atoms with E-state index in [1.807, 2.05) is 0 Å². The number of pyridine rings is 1. The van der Waals surface area contributed by atoms with Gasteiger partial charge in [0.2, 0.25) is 11.8 Å². The summed E-state index contributed by atoms with van der Waals surface area (Å²) in [5.74, 6) is 0.578. The molecule has 4 heterocycles. The Kier molecular flexibility index (Phi) is 6.31. The van der Waals surface area contributed by atoms with Crippen molar-refractivity contribution in [1.82, 2.24) is 15.5 Å². The van der Waals surface area contributed by atoms with E-state index in [0.29, 0.717) is 54.8 Å². The van der Waals surface area contributed by atoms with Crippen molar-refractivity contribution >= 4 is 29.2 Å². The zero-order chi connectivity index (χ0) is 24.6. The summed E-state index contributed by atoms with van der Waals surface area (Å²) in [6.45, 7) is 4.92. The number of carbonyl (C=O) groups is 3. The molecule has 2 aromatic heterocycles. The van der Waals surface area contributed by atoms with Crippen LogP contribution in [0.5, 0.6) is 0 Å². The van der Waals surface area contributed by atoms with Crippen LogP contribution < -0.4 is 16.0 Å². The molecule has 1 aliphatic carbocycles. The van der Waals surface area contributed by atoms with Gasteiger partial charge < -0.3 is 25.2 Å². The summed E-state index contributed by atoms with van der Waals surface area (Å²) in [6.07, 6.45) is 7.95. The third kappa shape index (κ3) is 4.42. The minimum absolute atomic E-state index is 0.00922. The van der Waals surface area contributed by atoms with Crippen LogP contribution in [0.4, 0.5) is 11.5 Å². The van der Waals surface area contributed by atoms with Crippen LogP contribution in [0.25, 0.3) is 0 Å². The van der Waals surface area contributed by atoms with Gasteiger partial charge >= 0.3 is 0 Å². The molecule has 0 radical (unpaired) electrons. The maximum Gasteiger partial charge on any atom is 0.257 e. The van der Waals surface area contributed by atoms with Gasteiger partial charge in [0.15, 0.2) is 0 Å². The fourth-order valence-electron chi connectivity index (χ4n) is 5.55. The molecule has 2 aliphatic heterocycles. The van der Waals surface area contributed by atoms with Gasteiger partial charge in [0.25, 0.3) is 5.91 Å². The molecule has 3 aliphatic rings. The van der Waals surface area contributed by atoms with E-state index >= 15 is 0 Å². The van der Waals surface area contributed by atoms with Gasteiger partial charge in [0, 0.05) is 31.0 Å². The lowest BCUT2D eigenvalue weighted by Gasteiger charge is -2.32. The Hall–Kier alpha value is -3.27. The first kappa shape index (κ1) is 23.5. The van der Waals surface area contributed by atoms with Crippen LogP contribution in [-0.2, 0) is 19.7 Å². The number of carbonyl (C=O) groups excluding carboxylic acids is 3. The van der Waals surface area contributed by atoms with Gasteiger partial charge in [0.1, 0.15) is 23.2 Å². The first-order valence-corrected chi connectivity index (χ1v) is 12.3. The van der Waals surface area contributed by atoms with E-state index in [-0.39, 0.29) is 17.7 Å². The number of aryl methyl sites for hydroxylation is 1. The maximum atomic E-state index is 13.4. The maximum absolute atomic E-state index is 13.4. The molecule has 2 fully saturated rings. The summed E-state index contributed by atoms with van der Waals surface area (Å²) in [4.78, 5) is 43.6. The summed E-state index contributed by atoms with van der Waals surface area (Å²) >= 11 is 0. The number of nitrogens with one attached hydrogen (secondary N) is 3. The smallest absolute Gasteiger partial charge is 0.257 e. The van der Waals surface area contributed by atoms with Crippen LogP contribution in [0.2, 0.25) is 0 Å². The molecule has 0 aromatic carbocycles. The second-order valence-electron chi connectivity index (χ2n) is 10.0. The second-order valence-corrected chi connectivity index (χ2v) is 10.0. The average molecular weight is 482 g/mol. The zero-order valence-electron chi connectivity index (χ0n) is 20.1. The summed E-state index contributed by atoms with van der Waals surface area (Å²) < 4.78 is 10.5. The number of anilines is 2. The molecule has 1 saturated carbocycles. The molecule has 186 valence electrons. The molecule has 0 bridgehead atoms. The van der Waals surface area contributed by atoms with Crippen molar-refractivity contribution in [1.29, 1.82) is 0 Å². The van der Waals surface area contributed by atoms with Gasteiger partial charge in [-0.2, -0.15) is 0 Å². The summed E-state index contributed by atoms with van der Waals surface area (Å²) in [6, 6.07) is 0.970. The number of hydrogen-bond acceptors (Lipinski definition) is 7. The summed E-state index contributed by atoms with van der Waals surface area (Å²) in [5.41, 5.74) is 1.20. The number of hydrogen-bond donors (Lipinski definition) is 3. The van der Waals surface area contributed by atoms with Crippen molar-refractivity contribution in [2.75, 3.05) is 23.8 Å². The van der Waals surface area contributed by atoms with Crippen molar-refractivity contribution in [3.63, 3.8) is 0 Å². The first-order valence-electron chi connectivity index (χ1n) is 12.3. The lowest BCUT2D eigenvalue weighted by molar-refractivity contribution is -0.124. The molecule has 3 amide bonds. The minimum Gasteiger partial charge on any atom is -0.381 e. The fraction of sp³-hybridized carbons (Fsp3) is 0.560. The summed E-state index contributed by atoms with van der Waals surface area (Å²) in [5, 5.41) is 12.4. The predicted molar refractivity (Wildman–Crippen MR) is 127 cm³/mol. The van der Waals surface area contributed by atoms with Gasteiger partial charge in [-0.05, 0) is 44.4 Å². The van der Waals surface area contributed by atoms with Crippen LogP contribution in [0, 0.1) is 18.8 Å². The topological polar surface area (TPSA) is 135 Å². The van der Waals surface area contributed by atoms with E-state index in [1.165, 1.54) is 6.20 Å². The highest BCUT2D eigenvalue weighted by Gasteiger charge is 2.48. The zero-order valence-corrected chi connectivity index (χ0v) is 20.1. The van der Waals surface area contributed by atoms with Crippen molar-refractivity contribution in [3.8, 4) is 0 Å². The molecular weight excluding hydrogens is 450 g/mol. The Morgan fingerprint density at radius 2 is 1.91 bits per heavy atom. The number of rotatable bonds is 5. The third-order valence-corrected chi connectivity index (χ3v) is 7.80. The number of aromatic nitrogens is 2. The van der Waals surface area contributed by atoms with Gasteiger partial charge in [-0.3, -0.25) is 14.4 Å². The van der Waals surface area contributed by atoms with Crippen molar-refractivity contribution < 1.29 is 23.6 Å². The van der Waals surface area contributed by atoms with E-state index in [0.717, 1.165) is 31.2 Å². The van der Waals surface area contributed by atoms with Crippen LogP contribution in [0.3, 0.4) is 0 Å². The van der Waals surface area contributed by atoms with Gasteiger partial charge in [-0.15, -0.1) is 0 Å². The van der Waals surface area contributed by atoms with Crippen LogP contribution in [0.15, 0.2) is 23.0 Å². The first-order chi connectivity index (χ1) is 16.9.